The third-order valence-corrected chi connectivity index (χ3v) is 4.19. The number of hydrogen-bond donors (Lipinski definition) is 1. The fraction of sp³-hybridized carbons (Fsp3) is 0.400. The second-order valence-corrected chi connectivity index (χ2v) is 5.96. The van der Waals surface area contributed by atoms with E-state index in [9.17, 15) is 14.4 Å². The van der Waals surface area contributed by atoms with Gasteiger partial charge in [0.2, 0.25) is 5.91 Å². The van der Waals surface area contributed by atoms with Gasteiger partial charge in [0.1, 0.15) is 5.78 Å². The molecule has 0 radical (unpaired) electrons. The molecule has 1 aliphatic rings. The molecule has 1 aliphatic heterocycles. The summed E-state index contributed by atoms with van der Waals surface area (Å²) in [4.78, 5) is 38.7. The topological polar surface area (TPSA) is 76.1 Å². The van der Waals surface area contributed by atoms with E-state index in [1.807, 2.05) is 0 Å². The minimum atomic E-state index is -1.15. The van der Waals surface area contributed by atoms with Crippen molar-refractivity contribution >= 4 is 44.7 Å². The minimum absolute atomic E-state index is 0.109. The van der Waals surface area contributed by atoms with Crippen LogP contribution in [0.3, 0.4) is 0 Å². The summed E-state index contributed by atoms with van der Waals surface area (Å²) in [5, 5.41) is 2.66. The van der Waals surface area contributed by atoms with Gasteiger partial charge >= 0.3 is 0 Å². The quantitative estimate of drug-likeness (QED) is 0.833. The Kier molecular flexibility index (Phi) is 3.39. The van der Waals surface area contributed by atoms with E-state index in [-0.39, 0.29) is 12.2 Å². The number of thiazole rings is 1. The molecule has 2 atom stereocenters. The molecule has 2 unspecified atom stereocenters. The Hall–Kier alpha value is -1.08. The molecular formula is C10H9BrN2O3S. The molecule has 1 amide bonds. The van der Waals surface area contributed by atoms with Gasteiger partial charge in [-0.1, -0.05) is 0 Å². The Morgan fingerprint density at radius 2 is 2.29 bits per heavy atom. The molecule has 1 aromatic rings. The highest BCUT2D eigenvalue weighted by molar-refractivity contribution is 9.11. The number of Topliss-reactive ketones (excluding diaryl/α,β-unsaturated/α-hetero) is 2. The molecule has 90 valence electrons. The molecule has 17 heavy (non-hydrogen) atoms. The van der Waals surface area contributed by atoms with E-state index >= 15 is 0 Å². The average molecular weight is 317 g/mol. The number of rotatable bonds is 2. The summed E-state index contributed by atoms with van der Waals surface area (Å²) >= 11 is 4.70. The number of nitrogens with zero attached hydrogens (tertiary/aromatic N) is 1. The molecule has 0 aromatic carbocycles. The largest absolute Gasteiger partial charge is 0.346 e. The molecule has 7 heteroatoms. The fourth-order valence-corrected chi connectivity index (χ4v) is 3.02. The van der Waals surface area contributed by atoms with Crippen LogP contribution < -0.4 is 5.32 Å². The molecule has 1 N–H and O–H groups in total. The maximum absolute atomic E-state index is 11.7. The zero-order valence-electron chi connectivity index (χ0n) is 8.90. The molecule has 1 saturated heterocycles. The SMILES string of the molecule is CC(=O)C1C(=O)CC(c2ncsc2Br)NC1=O. The predicted octanol–water partition coefficient (Wildman–Crippen LogP) is 1.24. The number of carbonyl (C=O) groups excluding carboxylic acids is 3. The number of piperidine rings is 1. The van der Waals surface area contributed by atoms with Crippen molar-refractivity contribution in [2.75, 3.05) is 0 Å². The summed E-state index contributed by atoms with van der Waals surface area (Å²) in [5.41, 5.74) is 2.27. The standard InChI is InChI=1S/C10H9BrN2O3S/c1-4(14)7-6(15)2-5(13-10(7)16)8-9(11)17-3-12-8/h3,5,7H,2H2,1H3,(H,13,16). The van der Waals surface area contributed by atoms with Crippen LogP contribution >= 0.6 is 27.3 Å². The third kappa shape index (κ3) is 2.30. The number of hydrogen-bond acceptors (Lipinski definition) is 5. The summed E-state index contributed by atoms with van der Waals surface area (Å²) in [6, 6.07) is -0.439. The predicted molar refractivity (Wildman–Crippen MR) is 64.5 cm³/mol. The second kappa shape index (κ2) is 4.66. The summed E-state index contributed by atoms with van der Waals surface area (Å²) in [6.07, 6.45) is 0.109. The monoisotopic (exact) mass is 316 g/mol. The van der Waals surface area contributed by atoms with Crippen molar-refractivity contribution in [2.24, 2.45) is 5.92 Å². The molecule has 0 bridgehead atoms. The molecule has 2 rings (SSSR count). The summed E-state index contributed by atoms with van der Waals surface area (Å²) in [5.74, 6) is -2.43. The van der Waals surface area contributed by atoms with Crippen LogP contribution in [-0.4, -0.2) is 22.5 Å². The van der Waals surface area contributed by atoms with Gasteiger partial charge in [-0.3, -0.25) is 14.4 Å². The highest BCUT2D eigenvalue weighted by Gasteiger charge is 2.39. The maximum atomic E-state index is 11.7. The molecule has 1 aromatic heterocycles. The van der Waals surface area contributed by atoms with Crippen LogP contribution in [0.15, 0.2) is 9.30 Å². The first-order chi connectivity index (χ1) is 8.00. The lowest BCUT2D eigenvalue weighted by Crippen LogP contribution is -2.47. The van der Waals surface area contributed by atoms with E-state index in [1.165, 1.54) is 18.3 Å². The molecular weight excluding hydrogens is 308 g/mol. The van der Waals surface area contributed by atoms with Crippen LogP contribution in [-0.2, 0) is 14.4 Å². The Morgan fingerprint density at radius 3 is 2.76 bits per heavy atom. The first-order valence-electron chi connectivity index (χ1n) is 4.93. The van der Waals surface area contributed by atoms with E-state index < -0.39 is 23.7 Å². The van der Waals surface area contributed by atoms with Gasteiger partial charge in [0.15, 0.2) is 11.7 Å². The Balaban J connectivity index is 2.23. The van der Waals surface area contributed by atoms with E-state index in [2.05, 4.69) is 26.2 Å². The van der Waals surface area contributed by atoms with E-state index in [4.69, 9.17) is 0 Å². The van der Waals surface area contributed by atoms with Crippen molar-refractivity contribution < 1.29 is 14.4 Å². The summed E-state index contributed by atoms with van der Waals surface area (Å²) < 4.78 is 0.789. The van der Waals surface area contributed by atoms with Gasteiger partial charge in [-0.15, -0.1) is 11.3 Å². The molecule has 0 spiro atoms. The average Bonchev–Trinajstić information content (AvgIpc) is 2.62. The summed E-state index contributed by atoms with van der Waals surface area (Å²) in [7, 11) is 0. The lowest BCUT2D eigenvalue weighted by atomic mass is 9.89. The maximum Gasteiger partial charge on any atom is 0.238 e. The molecule has 1 fully saturated rings. The van der Waals surface area contributed by atoms with E-state index in [0.29, 0.717) is 5.69 Å². The summed E-state index contributed by atoms with van der Waals surface area (Å²) in [6.45, 7) is 1.25. The van der Waals surface area contributed by atoms with Crippen molar-refractivity contribution in [1.82, 2.24) is 10.3 Å². The number of amides is 1. The smallest absolute Gasteiger partial charge is 0.238 e. The second-order valence-electron chi connectivity index (χ2n) is 3.79. The van der Waals surface area contributed by atoms with Crippen LogP contribution in [0.1, 0.15) is 25.1 Å². The highest BCUT2D eigenvalue weighted by atomic mass is 79.9. The molecule has 0 aliphatic carbocycles. The number of nitrogens with one attached hydrogen (secondary N) is 1. The first kappa shape index (κ1) is 12.4. The Labute approximate surface area is 110 Å². The van der Waals surface area contributed by atoms with Crippen LogP contribution in [0.25, 0.3) is 0 Å². The van der Waals surface area contributed by atoms with Crippen LogP contribution in [0.2, 0.25) is 0 Å². The minimum Gasteiger partial charge on any atom is -0.346 e. The van der Waals surface area contributed by atoms with E-state index in [1.54, 1.807) is 5.51 Å². The zero-order chi connectivity index (χ0) is 12.6. The van der Waals surface area contributed by atoms with Gasteiger partial charge in [0, 0.05) is 6.42 Å². The van der Waals surface area contributed by atoms with Crippen molar-refractivity contribution in [3.8, 4) is 0 Å². The van der Waals surface area contributed by atoms with Gasteiger partial charge in [-0.25, -0.2) is 4.98 Å². The van der Waals surface area contributed by atoms with Gasteiger partial charge in [0.05, 0.1) is 21.0 Å². The van der Waals surface area contributed by atoms with E-state index in [0.717, 1.165) is 3.79 Å². The zero-order valence-corrected chi connectivity index (χ0v) is 11.3. The van der Waals surface area contributed by atoms with Gasteiger partial charge in [-0.05, 0) is 22.9 Å². The van der Waals surface area contributed by atoms with Crippen molar-refractivity contribution in [3.63, 3.8) is 0 Å². The van der Waals surface area contributed by atoms with Crippen LogP contribution in [0, 0.1) is 5.92 Å². The van der Waals surface area contributed by atoms with Crippen molar-refractivity contribution in [3.05, 3.63) is 15.0 Å². The van der Waals surface area contributed by atoms with Gasteiger partial charge in [-0.2, -0.15) is 0 Å². The number of carbonyl (C=O) groups is 3. The molecule has 2 heterocycles. The first-order valence-corrected chi connectivity index (χ1v) is 6.60. The lowest BCUT2D eigenvalue weighted by molar-refractivity contribution is -0.143. The van der Waals surface area contributed by atoms with Gasteiger partial charge < -0.3 is 5.32 Å². The van der Waals surface area contributed by atoms with Gasteiger partial charge in [0.25, 0.3) is 0 Å². The number of aromatic nitrogens is 1. The fourth-order valence-electron chi connectivity index (χ4n) is 1.82. The molecule has 0 saturated carbocycles. The van der Waals surface area contributed by atoms with Crippen molar-refractivity contribution in [2.45, 2.75) is 19.4 Å². The van der Waals surface area contributed by atoms with Crippen LogP contribution in [0.5, 0.6) is 0 Å². The third-order valence-electron chi connectivity index (χ3n) is 2.59. The van der Waals surface area contributed by atoms with Crippen LogP contribution in [0.4, 0.5) is 0 Å². The number of halogens is 1. The number of ketones is 2. The molecule has 5 nitrogen and oxygen atoms in total. The van der Waals surface area contributed by atoms with Crippen molar-refractivity contribution in [1.29, 1.82) is 0 Å². The Morgan fingerprint density at radius 1 is 1.59 bits per heavy atom. The normalized spacial score (nSPS) is 24.6. The lowest BCUT2D eigenvalue weighted by Gasteiger charge is -2.26. The Bertz CT molecular complexity index is 481. The highest BCUT2D eigenvalue weighted by Crippen LogP contribution is 2.31.